The van der Waals surface area contributed by atoms with Gasteiger partial charge in [0.15, 0.2) is 0 Å². The van der Waals surface area contributed by atoms with Crippen LogP contribution in [-0.4, -0.2) is 0 Å². The predicted octanol–water partition coefficient (Wildman–Crippen LogP) is 5.05. The second-order valence-electron chi connectivity index (χ2n) is 4.42. The molecule has 0 nitrogen and oxygen atoms in total. The normalized spacial score (nSPS) is 12.4. The van der Waals surface area contributed by atoms with E-state index >= 15 is 0 Å². The Morgan fingerprint density at radius 3 is 2.26 bits per heavy atom. The standard InChI is InChI=1S/C16H15ClF2/c1-2-11-6-3-4-7-12(11)14(17)10-13-15(18)8-5-9-16(13)19/h3-9,14H,2,10H2,1H3. The molecule has 19 heavy (non-hydrogen) atoms. The summed E-state index contributed by atoms with van der Waals surface area (Å²) in [5, 5.41) is -0.428. The molecule has 0 bridgehead atoms. The van der Waals surface area contributed by atoms with Crippen LogP contribution in [0, 0.1) is 11.6 Å². The molecule has 1 atom stereocenters. The average Bonchev–Trinajstić information content (AvgIpc) is 2.42. The Hall–Kier alpha value is -1.41. The Balaban J connectivity index is 2.28. The van der Waals surface area contributed by atoms with E-state index < -0.39 is 17.0 Å². The zero-order valence-electron chi connectivity index (χ0n) is 10.7. The third kappa shape index (κ3) is 3.13. The number of aryl methyl sites for hydroxylation is 1. The van der Waals surface area contributed by atoms with Gasteiger partial charge in [0.1, 0.15) is 11.6 Å². The molecular formula is C16H15ClF2. The van der Waals surface area contributed by atoms with Crippen LogP contribution in [-0.2, 0) is 12.8 Å². The van der Waals surface area contributed by atoms with Gasteiger partial charge in [0.2, 0.25) is 0 Å². The van der Waals surface area contributed by atoms with E-state index in [9.17, 15) is 8.78 Å². The van der Waals surface area contributed by atoms with E-state index in [1.165, 1.54) is 18.2 Å². The molecule has 0 saturated carbocycles. The highest BCUT2D eigenvalue weighted by Gasteiger charge is 2.17. The number of alkyl halides is 1. The first-order valence-electron chi connectivity index (χ1n) is 6.28. The van der Waals surface area contributed by atoms with Gasteiger partial charge in [-0.25, -0.2) is 8.78 Å². The van der Waals surface area contributed by atoms with E-state index in [-0.39, 0.29) is 12.0 Å². The summed E-state index contributed by atoms with van der Waals surface area (Å²) in [6.07, 6.45) is 0.996. The highest BCUT2D eigenvalue weighted by molar-refractivity contribution is 6.21. The summed E-state index contributed by atoms with van der Waals surface area (Å²) in [5.41, 5.74) is 2.10. The average molecular weight is 281 g/mol. The van der Waals surface area contributed by atoms with Gasteiger partial charge >= 0.3 is 0 Å². The van der Waals surface area contributed by atoms with Crippen molar-refractivity contribution in [3.63, 3.8) is 0 Å². The molecule has 0 aliphatic carbocycles. The second kappa shape index (κ2) is 6.16. The van der Waals surface area contributed by atoms with Crippen molar-refractivity contribution in [2.75, 3.05) is 0 Å². The van der Waals surface area contributed by atoms with Crippen molar-refractivity contribution >= 4 is 11.6 Å². The van der Waals surface area contributed by atoms with Gasteiger partial charge in [-0.05, 0) is 36.1 Å². The van der Waals surface area contributed by atoms with Gasteiger partial charge in [-0.1, -0.05) is 37.3 Å². The summed E-state index contributed by atoms with van der Waals surface area (Å²) in [6.45, 7) is 2.03. The highest BCUT2D eigenvalue weighted by Crippen LogP contribution is 2.29. The van der Waals surface area contributed by atoms with Crippen LogP contribution in [0.25, 0.3) is 0 Å². The van der Waals surface area contributed by atoms with Crippen LogP contribution in [0.4, 0.5) is 8.78 Å². The SMILES string of the molecule is CCc1ccccc1C(Cl)Cc1c(F)cccc1F. The molecule has 0 radical (unpaired) electrons. The molecule has 0 N–H and O–H groups in total. The van der Waals surface area contributed by atoms with Crippen molar-refractivity contribution in [2.24, 2.45) is 0 Å². The first-order chi connectivity index (χ1) is 9.13. The Morgan fingerprint density at radius 1 is 1.00 bits per heavy atom. The number of rotatable bonds is 4. The summed E-state index contributed by atoms with van der Waals surface area (Å²) < 4.78 is 27.2. The highest BCUT2D eigenvalue weighted by atomic mass is 35.5. The lowest BCUT2D eigenvalue weighted by Crippen LogP contribution is -2.04. The minimum atomic E-state index is -0.542. The molecule has 0 aliphatic rings. The first-order valence-corrected chi connectivity index (χ1v) is 6.72. The van der Waals surface area contributed by atoms with E-state index in [2.05, 4.69) is 0 Å². The fraction of sp³-hybridized carbons (Fsp3) is 0.250. The number of halogens is 3. The van der Waals surface area contributed by atoms with E-state index in [1.807, 2.05) is 31.2 Å². The van der Waals surface area contributed by atoms with Crippen LogP contribution in [0.3, 0.4) is 0 Å². The van der Waals surface area contributed by atoms with E-state index in [0.29, 0.717) is 0 Å². The minimum Gasteiger partial charge on any atom is -0.207 e. The van der Waals surface area contributed by atoms with Crippen LogP contribution in [0.1, 0.15) is 29.0 Å². The topological polar surface area (TPSA) is 0 Å². The van der Waals surface area contributed by atoms with Crippen LogP contribution in [0.2, 0.25) is 0 Å². The molecule has 1 unspecified atom stereocenters. The fourth-order valence-corrected chi connectivity index (χ4v) is 2.55. The van der Waals surface area contributed by atoms with Crippen molar-refractivity contribution in [3.8, 4) is 0 Å². The lowest BCUT2D eigenvalue weighted by molar-refractivity contribution is 0.552. The Labute approximate surface area is 117 Å². The van der Waals surface area contributed by atoms with Crippen molar-refractivity contribution in [1.82, 2.24) is 0 Å². The smallest absolute Gasteiger partial charge is 0.129 e. The van der Waals surface area contributed by atoms with Crippen molar-refractivity contribution in [1.29, 1.82) is 0 Å². The maximum atomic E-state index is 13.6. The number of benzene rings is 2. The Kier molecular flexibility index (Phi) is 4.54. The largest absolute Gasteiger partial charge is 0.207 e. The van der Waals surface area contributed by atoms with Crippen LogP contribution >= 0.6 is 11.6 Å². The lowest BCUT2D eigenvalue weighted by atomic mass is 9.97. The summed E-state index contributed by atoms with van der Waals surface area (Å²) >= 11 is 6.34. The second-order valence-corrected chi connectivity index (χ2v) is 4.95. The fourth-order valence-electron chi connectivity index (χ4n) is 2.18. The predicted molar refractivity (Wildman–Crippen MR) is 74.5 cm³/mol. The van der Waals surface area contributed by atoms with Gasteiger partial charge < -0.3 is 0 Å². The molecule has 0 spiro atoms. The van der Waals surface area contributed by atoms with E-state index in [1.54, 1.807) is 0 Å². The van der Waals surface area contributed by atoms with Crippen molar-refractivity contribution in [3.05, 3.63) is 70.8 Å². The molecule has 2 aromatic carbocycles. The summed E-state index contributed by atoms with van der Waals surface area (Å²) in [7, 11) is 0. The maximum absolute atomic E-state index is 13.6. The number of hydrogen-bond acceptors (Lipinski definition) is 0. The first kappa shape index (κ1) is 14.0. The molecule has 2 rings (SSSR count). The molecule has 0 aromatic heterocycles. The quantitative estimate of drug-likeness (QED) is 0.688. The van der Waals surface area contributed by atoms with E-state index in [4.69, 9.17) is 11.6 Å². The van der Waals surface area contributed by atoms with Crippen LogP contribution in [0.5, 0.6) is 0 Å². The summed E-state index contributed by atoms with van der Waals surface area (Å²) in [4.78, 5) is 0. The van der Waals surface area contributed by atoms with Crippen molar-refractivity contribution in [2.45, 2.75) is 25.1 Å². The third-order valence-corrected chi connectivity index (χ3v) is 3.61. The van der Waals surface area contributed by atoms with E-state index in [0.717, 1.165) is 17.5 Å². The molecule has 2 aromatic rings. The third-order valence-electron chi connectivity index (χ3n) is 3.22. The molecule has 0 fully saturated rings. The zero-order chi connectivity index (χ0) is 13.8. The minimum absolute atomic E-state index is 0.0495. The monoisotopic (exact) mass is 280 g/mol. The number of hydrogen-bond donors (Lipinski definition) is 0. The Bertz CT molecular complexity index is 546. The van der Waals surface area contributed by atoms with Gasteiger partial charge in [0.05, 0.1) is 5.38 Å². The maximum Gasteiger partial charge on any atom is 0.129 e. The van der Waals surface area contributed by atoms with Gasteiger partial charge in [0.25, 0.3) is 0 Å². The molecule has 100 valence electrons. The van der Waals surface area contributed by atoms with Crippen molar-refractivity contribution < 1.29 is 8.78 Å². The van der Waals surface area contributed by atoms with Gasteiger partial charge in [-0.15, -0.1) is 11.6 Å². The van der Waals surface area contributed by atoms with Gasteiger partial charge in [-0.3, -0.25) is 0 Å². The molecule has 0 heterocycles. The Morgan fingerprint density at radius 2 is 1.63 bits per heavy atom. The molecule has 0 aliphatic heterocycles. The van der Waals surface area contributed by atoms with Gasteiger partial charge in [-0.2, -0.15) is 0 Å². The summed E-state index contributed by atoms with van der Waals surface area (Å²) in [5.74, 6) is -1.08. The molecule has 0 amide bonds. The molecule has 0 saturated heterocycles. The van der Waals surface area contributed by atoms with Crippen LogP contribution in [0.15, 0.2) is 42.5 Å². The van der Waals surface area contributed by atoms with Gasteiger partial charge in [0, 0.05) is 5.56 Å². The molecule has 3 heteroatoms. The zero-order valence-corrected chi connectivity index (χ0v) is 11.4. The summed E-state index contributed by atoms with van der Waals surface area (Å²) in [6, 6.07) is 11.6. The lowest BCUT2D eigenvalue weighted by Gasteiger charge is -2.15. The molecular weight excluding hydrogens is 266 g/mol. The van der Waals surface area contributed by atoms with Crippen LogP contribution < -0.4 is 0 Å².